The van der Waals surface area contributed by atoms with E-state index >= 15 is 0 Å². The number of hydrogen-bond donors (Lipinski definition) is 1. The average Bonchev–Trinajstić information content (AvgIpc) is 3.06. The lowest BCUT2D eigenvalue weighted by Gasteiger charge is -2.32. The van der Waals surface area contributed by atoms with Crippen molar-refractivity contribution in [2.45, 2.75) is 19.8 Å². The van der Waals surface area contributed by atoms with Crippen molar-refractivity contribution in [3.05, 3.63) is 36.3 Å². The number of aromatic nitrogens is 3. The van der Waals surface area contributed by atoms with E-state index in [9.17, 15) is 9.59 Å². The van der Waals surface area contributed by atoms with Crippen LogP contribution in [0.25, 0.3) is 11.3 Å². The van der Waals surface area contributed by atoms with Gasteiger partial charge in [0.05, 0.1) is 17.5 Å². The first-order valence-electron chi connectivity index (χ1n) is 8.52. The fraction of sp³-hybridized carbons (Fsp3) is 0.444. The molecule has 0 unspecified atom stereocenters. The molecule has 7 nitrogen and oxygen atoms in total. The van der Waals surface area contributed by atoms with Gasteiger partial charge in [0.25, 0.3) is 5.91 Å². The van der Waals surface area contributed by atoms with Gasteiger partial charge in [-0.05, 0) is 30.9 Å². The second-order valence-corrected chi connectivity index (χ2v) is 6.49. The summed E-state index contributed by atoms with van der Waals surface area (Å²) in [6, 6.07) is 3.53. The molecular weight excluding hydrogens is 318 g/mol. The number of nitrogens with one attached hydrogen (secondary N) is 1. The summed E-state index contributed by atoms with van der Waals surface area (Å²) in [4.78, 5) is 30.4. The van der Waals surface area contributed by atoms with Gasteiger partial charge in [-0.1, -0.05) is 0 Å². The van der Waals surface area contributed by atoms with Gasteiger partial charge in [-0.3, -0.25) is 19.3 Å². The Bertz CT molecular complexity index is 770. The van der Waals surface area contributed by atoms with Crippen LogP contribution in [0.4, 0.5) is 0 Å². The summed E-state index contributed by atoms with van der Waals surface area (Å²) in [6.07, 6.45) is 7.21. The molecule has 3 heterocycles. The summed E-state index contributed by atoms with van der Waals surface area (Å²) in [5.41, 5.74) is 1.98. The van der Waals surface area contributed by atoms with E-state index in [-0.39, 0.29) is 11.8 Å². The van der Waals surface area contributed by atoms with Crippen LogP contribution < -0.4 is 5.32 Å². The van der Waals surface area contributed by atoms with Crippen LogP contribution in [0.2, 0.25) is 0 Å². The first-order valence-corrected chi connectivity index (χ1v) is 8.52. The Morgan fingerprint density at radius 3 is 2.96 bits per heavy atom. The number of rotatable bonds is 4. The van der Waals surface area contributed by atoms with E-state index in [0.29, 0.717) is 30.3 Å². The summed E-state index contributed by atoms with van der Waals surface area (Å²) < 4.78 is 1.68. The molecule has 0 bridgehead atoms. The number of likely N-dealkylation sites (tertiary alicyclic amines) is 1. The third-order valence-corrected chi connectivity index (χ3v) is 4.55. The van der Waals surface area contributed by atoms with Crippen LogP contribution in [0.5, 0.6) is 0 Å². The maximum Gasteiger partial charge on any atom is 0.253 e. The van der Waals surface area contributed by atoms with Crippen molar-refractivity contribution in [1.82, 2.24) is 25.0 Å². The normalized spacial score (nSPS) is 17.4. The topological polar surface area (TPSA) is 80.1 Å². The molecule has 25 heavy (non-hydrogen) atoms. The molecule has 2 aromatic heterocycles. The summed E-state index contributed by atoms with van der Waals surface area (Å²) >= 11 is 0. The predicted molar refractivity (Wildman–Crippen MR) is 93.8 cm³/mol. The molecule has 1 aliphatic rings. The summed E-state index contributed by atoms with van der Waals surface area (Å²) in [6.45, 7) is 3.67. The average molecular weight is 341 g/mol. The summed E-state index contributed by atoms with van der Waals surface area (Å²) in [5, 5.41) is 7.15. The Labute approximate surface area is 147 Å². The lowest BCUT2D eigenvalue weighted by atomic mass is 9.97. The van der Waals surface area contributed by atoms with Crippen LogP contribution in [0.3, 0.4) is 0 Å². The molecule has 0 spiro atoms. The monoisotopic (exact) mass is 341 g/mol. The van der Waals surface area contributed by atoms with Crippen molar-refractivity contribution in [3.63, 3.8) is 0 Å². The van der Waals surface area contributed by atoms with E-state index in [4.69, 9.17) is 0 Å². The second kappa shape index (κ2) is 7.46. The maximum atomic E-state index is 12.6. The van der Waals surface area contributed by atoms with Crippen LogP contribution in [0.1, 0.15) is 30.1 Å². The lowest BCUT2D eigenvalue weighted by molar-refractivity contribution is -0.130. The van der Waals surface area contributed by atoms with Gasteiger partial charge in [-0.2, -0.15) is 5.10 Å². The number of aryl methyl sites for hydroxylation is 1. The van der Waals surface area contributed by atoms with Crippen molar-refractivity contribution in [2.24, 2.45) is 13.0 Å². The van der Waals surface area contributed by atoms with E-state index in [1.807, 2.05) is 18.1 Å². The SMILES string of the molecule is CC(=O)N1CCC[C@H](CNC(=O)c2cccnc2-c2cnn(C)c2)C1. The molecule has 1 fully saturated rings. The number of hydrogen-bond acceptors (Lipinski definition) is 4. The molecule has 7 heteroatoms. The van der Waals surface area contributed by atoms with Crippen LogP contribution in [0.15, 0.2) is 30.7 Å². The summed E-state index contributed by atoms with van der Waals surface area (Å²) in [7, 11) is 1.83. The van der Waals surface area contributed by atoms with Crippen LogP contribution in [0, 0.1) is 5.92 Å². The minimum Gasteiger partial charge on any atom is -0.352 e. The minimum atomic E-state index is -0.146. The first-order chi connectivity index (χ1) is 12.0. The van der Waals surface area contributed by atoms with Gasteiger partial charge in [0.15, 0.2) is 0 Å². The molecule has 132 valence electrons. The number of pyridine rings is 1. The van der Waals surface area contributed by atoms with Gasteiger partial charge in [-0.25, -0.2) is 0 Å². The third kappa shape index (κ3) is 4.04. The third-order valence-electron chi connectivity index (χ3n) is 4.55. The van der Waals surface area contributed by atoms with Gasteiger partial charge < -0.3 is 10.2 Å². The van der Waals surface area contributed by atoms with Crippen molar-refractivity contribution in [2.75, 3.05) is 19.6 Å². The highest BCUT2D eigenvalue weighted by Crippen LogP contribution is 2.21. The molecule has 1 saturated heterocycles. The van der Waals surface area contributed by atoms with Gasteiger partial charge in [0.2, 0.25) is 5.91 Å². The van der Waals surface area contributed by atoms with Gasteiger partial charge in [0, 0.05) is 51.6 Å². The molecule has 0 saturated carbocycles. The van der Waals surface area contributed by atoms with Crippen LogP contribution >= 0.6 is 0 Å². The van der Waals surface area contributed by atoms with Crippen LogP contribution in [-0.4, -0.2) is 51.1 Å². The predicted octanol–water partition coefficient (Wildman–Crippen LogP) is 1.47. The Kier molecular flexibility index (Phi) is 5.11. The number of piperidine rings is 1. The first kappa shape index (κ1) is 17.1. The lowest BCUT2D eigenvalue weighted by Crippen LogP contribution is -2.42. The van der Waals surface area contributed by atoms with E-state index in [2.05, 4.69) is 15.4 Å². The Morgan fingerprint density at radius 1 is 1.40 bits per heavy atom. The highest BCUT2D eigenvalue weighted by atomic mass is 16.2. The number of amides is 2. The molecule has 1 aliphatic heterocycles. The minimum absolute atomic E-state index is 0.0992. The quantitative estimate of drug-likeness (QED) is 0.913. The molecule has 0 radical (unpaired) electrons. The molecule has 1 atom stereocenters. The van der Waals surface area contributed by atoms with Crippen molar-refractivity contribution < 1.29 is 9.59 Å². The highest BCUT2D eigenvalue weighted by Gasteiger charge is 2.22. The van der Waals surface area contributed by atoms with Gasteiger partial charge in [0.1, 0.15) is 0 Å². The smallest absolute Gasteiger partial charge is 0.253 e. The zero-order valence-corrected chi connectivity index (χ0v) is 14.6. The molecule has 2 amide bonds. The molecule has 0 aromatic carbocycles. The molecule has 3 rings (SSSR count). The summed E-state index contributed by atoms with van der Waals surface area (Å²) in [5.74, 6) is 0.245. The fourth-order valence-electron chi connectivity index (χ4n) is 3.21. The van der Waals surface area contributed by atoms with Gasteiger partial charge >= 0.3 is 0 Å². The standard InChI is InChI=1S/C18H23N5O2/c1-13(24)23-8-4-5-14(11-23)9-20-18(25)16-6-3-7-19-17(16)15-10-21-22(2)12-15/h3,6-7,10,12,14H,4-5,8-9,11H2,1-2H3,(H,20,25)/t14-/m1/s1. The molecule has 2 aromatic rings. The molecule has 0 aliphatic carbocycles. The second-order valence-electron chi connectivity index (χ2n) is 6.49. The van der Waals surface area contributed by atoms with Gasteiger partial charge in [-0.15, -0.1) is 0 Å². The van der Waals surface area contributed by atoms with E-state index in [0.717, 1.165) is 24.9 Å². The Hall–Kier alpha value is -2.70. The molecular formula is C18H23N5O2. The van der Waals surface area contributed by atoms with Crippen molar-refractivity contribution in [1.29, 1.82) is 0 Å². The highest BCUT2D eigenvalue weighted by molar-refractivity contribution is 5.99. The Morgan fingerprint density at radius 2 is 2.24 bits per heavy atom. The number of nitrogens with zero attached hydrogens (tertiary/aromatic N) is 4. The zero-order chi connectivity index (χ0) is 17.8. The van der Waals surface area contributed by atoms with Crippen LogP contribution in [-0.2, 0) is 11.8 Å². The number of carbonyl (C=O) groups is 2. The molecule has 1 N–H and O–H groups in total. The fourth-order valence-corrected chi connectivity index (χ4v) is 3.21. The van der Waals surface area contributed by atoms with E-state index < -0.39 is 0 Å². The van der Waals surface area contributed by atoms with E-state index in [1.54, 1.807) is 36.1 Å². The van der Waals surface area contributed by atoms with Crippen molar-refractivity contribution >= 4 is 11.8 Å². The van der Waals surface area contributed by atoms with E-state index in [1.165, 1.54) is 0 Å². The van der Waals surface area contributed by atoms with Crippen molar-refractivity contribution in [3.8, 4) is 11.3 Å². The largest absolute Gasteiger partial charge is 0.352 e. The Balaban J connectivity index is 1.67. The zero-order valence-electron chi connectivity index (χ0n) is 14.6. The maximum absolute atomic E-state index is 12.6. The number of carbonyl (C=O) groups excluding carboxylic acids is 2.